The number of carbonyl (C=O) groups is 1. The molecule has 3 aromatic rings. The van der Waals surface area contributed by atoms with Crippen molar-refractivity contribution >= 4 is 5.91 Å². The minimum atomic E-state index is -0.743. The molecule has 0 bridgehead atoms. The molecule has 124 valence electrons. The second kappa shape index (κ2) is 5.92. The van der Waals surface area contributed by atoms with Crippen LogP contribution in [0, 0.1) is 6.92 Å². The van der Waals surface area contributed by atoms with Crippen LogP contribution in [0.1, 0.15) is 32.2 Å². The summed E-state index contributed by atoms with van der Waals surface area (Å²) < 4.78 is 10.5. The number of nitrogens with zero attached hydrogens (tertiary/aromatic N) is 3. The second-order valence-corrected chi connectivity index (χ2v) is 6.17. The summed E-state index contributed by atoms with van der Waals surface area (Å²) in [5.74, 6) is 0.783. The van der Waals surface area contributed by atoms with Crippen LogP contribution < -0.4 is 5.32 Å². The molecule has 0 fully saturated rings. The molecule has 0 radical (unpaired) electrons. The smallest absolute Gasteiger partial charge is 0.296 e. The van der Waals surface area contributed by atoms with Gasteiger partial charge in [-0.05, 0) is 20.8 Å². The summed E-state index contributed by atoms with van der Waals surface area (Å²) in [5.41, 5.74) is 2.05. The van der Waals surface area contributed by atoms with E-state index in [0.717, 1.165) is 5.56 Å². The van der Waals surface area contributed by atoms with Crippen LogP contribution in [0.3, 0.4) is 0 Å². The Morgan fingerprint density at radius 1 is 1.12 bits per heavy atom. The molecule has 1 amide bonds. The molecule has 24 heavy (non-hydrogen) atoms. The molecule has 0 saturated carbocycles. The van der Waals surface area contributed by atoms with E-state index in [1.165, 1.54) is 12.5 Å². The van der Waals surface area contributed by atoms with Gasteiger partial charge in [-0.25, -0.2) is 0 Å². The van der Waals surface area contributed by atoms with Crippen LogP contribution >= 0.6 is 0 Å². The molecule has 0 atom stereocenters. The van der Waals surface area contributed by atoms with Gasteiger partial charge in [-0.1, -0.05) is 40.1 Å². The first-order valence-electron chi connectivity index (χ1n) is 7.52. The highest BCUT2D eigenvalue weighted by molar-refractivity contribution is 5.73. The summed E-state index contributed by atoms with van der Waals surface area (Å²) in [6.45, 7) is 7.05. The summed E-state index contributed by atoms with van der Waals surface area (Å²) >= 11 is 0. The molecule has 0 aliphatic heterocycles. The van der Waals surface area contributed by atoms with Crippen LogP contribution in [-0.4, -0.2) is 21.2 Å². The van der Waals surface area contributed by atoms with E-state index in [1.54, 1.807) is 19.9 Å². The highest BCUT2D eigenvalue weighted by Crippen LogP contribution is 2.27. The average molecular weight is 326 g/mol. The summed E-state index contributed by atoms with van der Waals surface area (Å²) in [6.07, 6.45) is 0. The number of carbonyl (C=O) groups excluding carboxylic acids is 1. The van der Waals surface area contributed by atoms with Gasteiger partial charge in [0.25, 0.3) is 5.89 Å². The number of aromatic nitrogens is 3. The Bertz CT molecular complexity index is 862. The zero-order valence-corrected chi connectivity index (χ0v) is 14.0. The van der Waals surface area contributed by atoms with Crippen molar-refractivity contribution in [3.05, 3.63) is 41.7 Å². The zero-order chi connectivity index (χ0) is 17.3. The maximum absolute atomic E-state index is 11.3. The Morgan fingerprint density at radius 2 is 1.83 bits per heavy atom. The highest BCUT2D eigenvalue weighted by Gasteiger charge is 2.28. The van der Waals surface area contributed by atoms with Gasteiger partial charge >= 0.3 is 0 Å². The molecule has 0 aliphatic carbocycles. The average Bonchev–Trinajstić information content (AvgIpc) is 3.16. The largest absolute Gasteiger partial charge is 0.350 e. The molecule has 1 N–H and O–H groups in total. The molecule has 1 aromatic carbocycles. The van der Waals surface area contributed by atoms with Gasteiger partial charge in [0.1, 0.15) is 5.69 Å². The van der Waals surface area contributed by atoms with E-state index in [0.29, 0.717) is 17.3 Å². The van der Waals surface area contributed by atoms with E-state index < -0.39 is 5.54 Å². The maximum atomic E-state index is 11.3. The van der Waals surface area contributed by atoms with E-state index in [4.69, 9.17) is 9.05 Å². The molecule has 3 rings (SSSR count). The predicted octanol–water partition coefficient (Wildman–Crippen LogP) is 3.07. The van der Waals surface area contributed by atoms with Gasteiger partial charge in [0, 0.05) is 18.6 Å². The summed E-state index contributed by atoms with van der Waals surface area (Å²) in [5, 5.41) is 10.7. The molecule has 2 aromatic heterocycles. The van der Waals surface area contributed by atoms with E-state index in [1.807, 2.05) is 31.2 Å². The first-order valence-corrected chi connectivity index (χ1v) is 7.52. The molecular weight excluding hydrogens is 308 g/mol. The van der Waals surface area contributed by atoms with Crippen molar-refractivity contribution in [3.8, 4) is 22.9 Å². The fourth-order valence-electron chi connectivity index (χ4n) is 2.31. The number of nitrogens with one attached hydrogen (secondary N) is 1. The number of benzene rings is 1. The lowest BCUT2D eigenvalue weighted by Gasteiger charge is -2.20. The highest BCUT2D eigenvalue weighted by atomic mass is 16.5. The zero-order valence-electron chi connectivity index (χ0n) is 14.0. The maximum Gasteiger partial charge on any atom is 0.296 e. The Kier molecular flexibility index (Phi) is 3.92. The molecule has 0 aliphatic rings. The second-order valence-electron chi connectivity index (χ2n) is 6.17. The number of rotatable bonds is 4. The van der Waals surface area contributed by atoms with Crippen molar-refractivity contribution < 1.29 is 13.8 Å². The molecule has 0 spiro atoms. The number of aryl methyl sites for hydroxylation is 1. The van der Waals surface area contributed by atoms with Gasteiger partial charge in [0.05, 0.1) is 5.54 Å². The first-order chi connectivity index (χ1) is 11.3. The van der Waals surface area contributed by atoms with Crippen molar-refractivity contribution in [2.45, 2.75) is 33.2 Å². The van der Waals surface area contributed by atoms with Gasteiger partial charge in [-0.15, -0.1) is 0 Å². The minimum Gasteiger partial charge on any atom is -0.350 e. The summed E-state index contributed by atoms with van der Waals surface area (Å²) in [4.78, 5) is 15.6. The molecule has 0 saturated heterocycles. The third-order valence-corrected chi connectivity index (χ3v) is 3.54. The van der Waals surface area contributed by atoms with Crippen LogP contribution in [-0.2, 0) is 10.3 Å². The Morgan fingerprint density at radius 3 is 2.50 bits per heavy atom. The van der Waals surface area contributed by atoms with Gasteiger partial charge in [0.15, 0.2) is 5.82 Å². The van der Waals surface area contributed by atoms with Crippen molar-refractivity contribution in [1.82, 2.24) is 20.6 Å². The lowest BCUT2D eigenvalue weighted by molar-refractivity contribution is -0.120. The van der Waals surface area contributed by atoms with Gasteiger partial charge < -0.3 is 14.4 Å². The van der Waals surface area contributed by atoms with Crippen LogP contribution in [0.4, 0.5) is 0 Å². The third kappa shape index (κ3) is 3.19. The van der Waals surface area contributed by atoms with E-state index >= 15 is 0 Å². The van der Waals surface area contributed by atoms with E-state index in [9.17, 15) is 4.79 Å². The molecular formula is C17H18N4O3. The monoisotopic (exact) mass is 326 g/mol. The topological polar surface area (TPSA) is 94.1 Å². The number of hydrogen-bond donors (Lipinski definition) is 1. The third-order valence-electron chi connectivity index (χ3n) is 3.54. The molecule has 7 nitrogen and oxygen atoms in total. The Labute approximate surface area is 139 Å². The lowest BCUT2D eigenvalue weighted by Crippen LogP contribution is -2.40. The van der Waals surface area contributed by atoms with Gasteiger partial charge in [-0.2, -0.15) is 4.98 Å². The first kappa shape index (κ1) is 15.9. The van der Waals surface area contributed by atoms with Crippen molar-refractivity contribution in [2.75, 3.05) is 0 Å². The van der Waals surface area contributed by atoms with Crippen LogP contribution in [0.5, 0.6) is 0 Å². The Hall–Kier alpha value is -2.96. The number of hydrogen-bond acceptors (Lipinski definition) is 6. The lowest BCUT2D eigenvalue weighted by atomic mass is 10.1. The quantitative estimate of drug-likeness (QED) is 0.792. The van der Waals surface area contributed by atoms with Crippen molar-refractivity contribution in [2.24, 2.45) is 0 Å². The van der Waals surface area contributed by atoms with Crippen LogP contribution in [0.15, 0.2) is 39.4 Å². The van der Waals surface area contributed by atoms with Crippen LogP contribution in [0.25, 0.3) is 22.9 Å². The normalized spacial score (nSPS) is 11.5. The SMILES string of the molecule is CC(=O)NC(C)(C)c1noc(-c2cc(-c3ccc(C)cc3)no2)n1. The standard InChI is InChI=1S/C17H18N4O3/c1-10-5-7-12(8-6-10)13-9-14(23-20-13)15-18-16(21-24-15)17(3,4)19-11(2)22/h5-9H,1-4H3,(H,19,22). The molecule has 2 heterocycles. The van der Waals surface area contributed by atoms with Gasteiger partial charge in [-0.3, -0.25) is 4.79 Å². The van der Waals surface area contributed by atoms with Crippen molar-refractivity contribution in [3.63, 3.8) is 0 Å². The van der Waals surface area contributed by atoms with Crippen molar-refractivity contribution in [1.29, 1.82) is 0 Å². The van der Waals surface area contributed by atoms with Crippen LogP contribution in [0.2, 0.25) is 0 Å². The predicted molar refractivity (Wildman–Crippen MR) is 86.8 cm³/mol. The Balaban J connectivity index is 1.86. The molecule has 0 unspecified atom stereocenters. The van der Waals surface area contributed by atoms with E-state index in [2.05, 4.69) is 20.6 Å². The number of amides is 1. The fourth-order valence-corrected chi connectivity index (χ4v) is 2.31. The molecule has 7 heteroatoms. The minimum absolute atomic E-state index is 0.173. The summed E-state index contributed by atoms with van der Waals surface area (Å²) in [6, 6.07) is 9.69. The fraction of sp³-hybridized carbons (Fsp3) is 0.294. The van der Waals surface area contributed by atoms with Gasteiger partial charge in [0.2, 0.25) is 11.7 Å². The summed E-state index contributed by atoms with van der Waals surface area (Å²) in [7, 11) is 0. The van der Waals surface area contributed by atoms with E-state index in [-0.39, 0.29) is 11.8 Å².